The van der Waals surface area contributed by atoms with Crippen LogP contribution < -0.4 is 10.1 Å². The van der Waals surface area contributed by atoms with Crippen LogP contribution in [0.2, 0.25) is 10.2 Å². The number of benzene rings is 1. The van der Waals surface area contributed by atoms with Crippen molar-refractivity contribution in [3.63, 3.8) is 0 Å². The van der Waals surface area contributed by atoms with Gasteiger partial charge in [0.25, 0.3) is 5.91 Å². The molecule has 0 radical (unpaired) electrons. The smallest absolute Gasteiger partial charge is 0.340 e. The highest BCUT2D eigenvalue weighted by Crippen LogP contribution is 2.20. The maximum atomic E-state index is 12.1. The third-order valence-corrected chi connectivity index (χ3v) is 4.00. The maximum Gasteiger partial charge on any atom is 0.340 e. The normalized spacial score (nSPS) is 11.5. The van der Waals surface area contributed by atoms with Crippen LogP contribution >= 0.6 is 23.2 Å². The summed E-state index contributed by atoms with van der Waals surface area (Å²) in [6.45, 7) is 1.78. The lowest BCUT2D eigenvalue weighted by atomic mass is 10.2. The number of nitrogens with zero attached hydrogens (tertiary/aromatic N) is 1. The Morgan fingerprint density at radius 3 is 2.52 bits per heavy atom. The Morgan fingerprint density at radius 2 is 1.92 bits per heavy atom. The molecule has 6 nitrogen and oxygen atoms in total. The number of nitrogens with one attached hydrogen (secondary N) is 1. The van der Waals surface area contributed by atoms with Gasteiger partial charge in [0.05, 0.1) is 17.7 Å². The minimum Gasteiger partial charge on any atom is -0.497 e. The second-order valence-corrected chi connectivity index (χ2v) is 5.88. The predicted octanol–water partition coefficient (Wildman–Crippen LogP) is 3.26. The first kappa shape index (κ1) is 19.0. The lowest BCUT2D eigenvalue weighted by Gasteiger charge is -2.14. The molecule has 1 atom stereocenters. The Labute approximate surface area is 155 Å². The van der Waals surface area contributed by atoms with Crippen LogP contribution in [-0.2, 0) is 16.1 Å². The predicted molar refractivity (Wildman–Crippen MR) is 94.0 cm³/mol. The Hall–Kier alpha value is -2.31. The lowest BCUT2D eigenvalue weighted by molar-refractivity contribution is -0.129. The Bertz CT molecular complexity index is 766. The van der Waals surface area contributed by atoms with Gasteiger partial charge in [-0.3, -0.25) is 4.79 Å². The zero-order valence-electron chi connectivity index (χ0n) is 13.6. The van der Waals surface area contributed by atoms with Crippen LogP contribution in [0, 0.1) is 0 Å². The summed E-state index contributed by atoms with van der Waals surface area (Å²) in [6.07, 6.45) is 0.263. The van der Waals surface area contributed by atoms with Gasteiger partial charge in [-0.15, -0.1) is 0 Å². The van der Waals surface area contributed by atoms with Gasteiger partial charge in [-0.2, -0.15) is 0 Å². The largest absolute Gasteiger partial charge is 0.497 e. The molecule has 8 heteroatoms. The molecule has 2 rings (SSSR count). The van der Waals surface area contributed by atoms with E-state index in [9.17, 15) is 9.59 Å². The van der Waals surface area contributed by atoms with Crippen molar-refractivity contribution in [3.8, 4) is 5.75 Å². The molecule has 0 aliphatic heterocycles. The lowest BCUT2D eigenvalue weighted by Crippen LogP contribution is -2.35. The van der Waals surface area contributed by atoms with E-state index in [4.69, 9.17) is 32.7 Å². The fourth-order valence-electron chi connectivity index (χ4n) is 1.89. The number of hydrogen-bond acceptors (Lipinski definition) is 5. The number of hydrogen-bond donors (Lipinski definition) is 1. The number of carbonyl (C=O) groups is 2. The van der Waals surface area contributed by atoms with E-state index in [0.29, 0.717) is 6.54 Å². The highest BCUT2D eigenvalue weighted by molar-refractivity contribution is 6.41. The molecule has 0 aliphatic rings. The van der Waals surface area contributed by atoms with E-state index in [0.717, 1.165) is 11.3 Å². The van der Waals surface area contributed by atoms with Crippen LogP contribution in [0.4, 0.5) is 0 Å². The van der Waals surface area contributed by atoms with Gasteiger partial charge in [0, 0.05) is 12.7 Å². The zero-order valence-corrected chi connectivity index (χ0v) is 15.1. The summed E-state index contributed by atoms with van der Waals surface area (Å²) >= 11 is 11.5. The molecule has 132 valence electrons. The van der Waals surface area contributed by atoms with Gasteiger partial charge >= 0.3 is 5.97 Å². The maximum absolute atomic E-state index is 12.1. The third-order valence-electron chi connectivity index (χ3n) is 3.31. The molecule has 0 saturated heterocycles. The monoisotopic (exact) mass is 382 g/mol. The number of aromatic nitrogens is 1. The molecule has 2 aromatic rings. The standard InChI is InChI=1S/C17H16Cl2N2O4/c1-10(25-17(23)12-7-14(18)15(19)20-9-12)16(22)21-8-11-3-5-13(24-2)6-4-11/h3-7,9-10H,8H2,1-2H3,(H,21,22)/t10-/m1/s1. The van der Waals surface area contributed by atoms with Crippen LogP contribution in [0.3, 0.4) is 0 Å². The van der Waals surface area contributed by atoms with Crippen molar-refractivity contribution in [3.05, 3.63) is 57.8 Å². The number of amides is 1. The number of carbonyl (C=O) groups excluding carboxylic acids is 2. The fraction of sp³-hybridized carbons (Fsp3) is 0.235. The van der Waals surface area contributed by atoms with Gasteiger partial charge in [-0.05, 0) is 30.7 Å². The van der Waals surface area contributed by atoms with Gasteiger partial charge in [-0.25, -0.2) is 9.78 Å². The Morgan fingerprint density at radius 1 is 1.24 bits per heavy atom. The van der Waals surface area contributed by atoms with E-state index in [1.54, 1.807) is 19.2 Å². The van der Waals surface area contributed by atoms with E-state index in [1.165, 1.54) is 19.2 Å². The molecule has 1 aromatic carbocycles. The highest BCUT2D eigenvalue weighted by atomic mass is 35.5. The first-order valence-electron chi connectivity index (χ1n) is 7.33. The van der Waals surface area contributed by atoms with E-state index < -0.39 is 18.0 Å². The first-order chi connectivity index (χ1) is 11.9. The van der Waals surface area contributed by atoms with Crippen molar-refractivity contribution in [2.75, 3.05) is 7.11 Å². The zero-order chi connectivity index (χ0) is 18.4. The minimum absolute atomic E-state index is 0.0866. The number of methoxy groups -OCH3 is 1. The number of halogens is 2. The second kappa shape index (κ2) is 8.69. The van der Waals surface area contributed by atoms with Gasteiger partial charge < -0.3 is 14.8 Å². The van der Waals surface area contributed by atoms with E-state index in [1.807, 2.05) is 12.1 Å². The van der Waals surface area contributed by atoms with Crippen molar-refractivity contribution >= 4 is 35.1 Å². The van der Waals surface area contributed by atoms with Crippen LogP contribution in [0.5, 0.6) is 5.75 Å². The van der Waals surface area contributed by atoms with Gasteiger partial charge in [0.15, 0.2) is 6.10 Å². The molecule has 0 spiro atoms. The van der Waals surface area contributed by atoms with Gasteiger partial charge in [0.2, 0.25) is 0 Å². The molecule has 0 saturated carbocycles. The molecule has 1 N–H and O–H groups in total. The van der Waals surface area contributed by atoms with E-state index in [2.05, 4.69) is 10.3 Å². The number of rotatable bonds is 6. The molecule has 25 heavy (non-hydrogen) atoms. The fourth-order valence-corrected chi connectivity index (χ4v) is 2.16. The van der Waals surface area contributed by atoms with Crippen molar-refractivity contribution in [2.45, 2.75) is 19.6 Å². The van der Waals surface area contributed by atoms with E-state index >= 15 is 0 Å². The van der Waals surface area contributed by atoms with E-state index in [-0.39, 0.29) is 15.7 Å². The number of esters is 1. The summed E-state index contributed by atoms with van der Waals surface area (Å²) in [4.78, 5) is 27.8. The highest BCUT2D eigenvalue weighted by Gasteiger charge is 2.19. The summed E-state index contributed by atoms with van der Waals surface area (Å²) in [5.74, 6) is -0.400. The summed E-state index contributed by atoms with van der Waals surface area (Å²) < 4.78 is 10.2. The summed E-state index contributed by atoms with van der Waals surface area (Å²) in [7, 11) is 1.58. The van der Waals surface area contributed by atoms with Crippen molar-refractivity contribution in [2.24, 2.45) is 0 Å². The van der Waals surface area contributed by atoms with Gasteiger partial charge in [0.1, 0.15) is 10.9 Å². The topological polar surface area (TPSA) is 77.5 Å². The van der Waals surface area contributed by atoms with Crippen LogP contribution in [-0.4, -0.2) is 30.1 Å². The first-order valence-corrected chi connectivity index (χ1v) is 8.09. The van der Waals surface area contributed by atoms with Crippen molar-refractivity contribution < 1.29 is 19.1 Å². The quantitative estimate of drug-likeness (QED) is 0.612. The van der Waals surface area contributed by atoms with Crippen molar-refractivity contribution in [1.29, 1.82) is 0 Å². The van der Waals surface area contributed by atoms with Gasteiger partial charge in [-0.1, -0.05) is 35.3 Å². The summed E-state index contributed by atoms with van der Waals surface area (Å²) in [5, 5.41) is 2.91. The molecular weight excluding hydrogens is 367 g/mol. The molecule has 1 heterocycles. The average molecular weight is 383 g/mol. The molecule has 0 aliphatic carbocycles. The molecule has 1 aromatic heterocycles. The third kappa shape index (κ3) is 5.34. The number of ether oxygens (including phenoxy) is 2. The Kier molecular flexibility index (Phi) is 6.61. The summed E-state index contributed by atoms with van der Waals surface area (Å²) in [6, 6.07) is 8.58. The number of pyridine rings is 1. The molecular formula is C17H16Cl2N2O4. The molecule has 0 unspecified atom stereocenters. The van der Waals surface area contributed by atoms with Crippen LogP contribution in [0.15, 0.2) is 36.5 Å². The van der Waals surface area contributed by atoms with Crippen LogP contribution in [0.25, 0.3) is 0 Å². The molecule has 1 amide bonds. The summed E-state index contributed by atoms with van der Waals surface area (Å²) in [5.41, 5.74) is 1.01. The molecule has 0 bridgehead atoms. The molecule has 0 fully saturated rings. The Balaban J connectivity index is 1.88. The van der Waals surface area contributed by atoms with Crippen molar-refractivity contribution in [1.82, 2.24) is 10.3 Å². The average Bonchev–Trinajstić information content (AvgIpc) is 2.62. The second-order valence-electron chi connectivity index (χ2n) is 5.11. The van der Waals surface area contributed by atoms with Crippen LogP contribution in [0.1, 0.15) is 22.8 Å². The minimum atomic E-state index is -0.972. The SMILES string of the molecule is COc1ccc(CNC(=O)[C@@H](C)OC(=O)c2cnc(Cl)c(Cl)c2)cc1.